The second-order valence-corrected chi connectivity index (χ2v) is 23.3. The van der Waals surface area contributed by atoms with E-state index in [2.05, 4.69) is 42.3 Å². The number of carbonyl (C=O) groups excluding carboxylic acids is 1. The fourth-order valence-corrected chi connectivity index (χ4v) is 13.5. The Balaban J connectivity index is 1.02. The number of benzene rings is 1. The Bertz CT molecular complexity index is 2360. The summed E-state index contributed by atoms with van der Waals surface area (Å²) in [5.41, 5.74) is -9.75. The molecule has 1 aromatic carbocycles. The Labute approximate surface area is 434 Å². The molecule has 14 unspecified atom stereocenters. The molecule has 18 heteroatoms. The number of carbonyl (C=O) groups is 2. The summed E-state index contributed by atoms with van der Waals surface area (Å²) in [4.78, 5) is 28.4. The van der Waals surface area contributed by atoms with Gasteiger partial charge in [0.25, 0.3) is 0 Å². The summed E-state index contributed by atoms with van der Waals surface area (Å²) in [5, 5.41) is 40.4. The van der Waals surface area contributed by atoms with Crippen molar-refractivity contribution in [1.29, 1.82) is 10.5 Å². The second kappa shape index (κ2) is 20.0. The van der Waals surface area contributed by atoms with Crippen molar-refractivity contribution in [2.45, 2.75) is 238 Å². The first kappa shape index (κ1) is 52.4. The molecule has 0 radical (unpaired) electrons. The van der Waals surface area contributed by atoms with Gasteiger partial charge < -0.3 is 57.2 Å². The van der Waals surface area contributed by atoms with Gasteiger partial charge in [0.1, 0.15) is 60.0 Å². The number of aryl methyl sites for hydroxylation is 1. The number of esters is 1. The minimum absolute atomic E-state index is 0.115. The fourth-order valence-electron chi connectivity index (χ4n) is 13.5. The number of ether oxygens (including phenoxy) is 11. The summed E-state index contributed by atoms with van der Waals surface area (Å²) in [6, 6.07) is 10.5. The van der Waals surface area contributed by atoms with E-state index in [1.165, 1.54) is 64.7 Å². The van der Waals surface area contributed by atoms with Crippen molar-refractivity contribution in [3.63, 3.8) is 0 Å². The highest BCUT2D eigenvalue weighted by Gasteiger charge is 3.09. The van der Waals surface area contributed by atoms with Gasteiger partial charge in [-0.3, -0.25) is 9.59 Å². The van der Waals surface area contributed by atoms with Crippen LogP contribution >= 0.6 is 0 Å². The average Bonchev–Trinajstić information content (AvgIpc) is 4.35. The smallest absolute Gasteiger partial charge is 0.323 e. The van der Waals surface area contributed by atoms with Crippen LogP contribution in [0.1, 0.15) is 148 Å². The van der Waals surface area contributed by atoms with Crippen LogP contribution in [0.15, 0.2) is 28.4 Å². The number of unbranched alkanes of at least 4 members (excludes halogenated alkanes) is 12. The highest BCUT2D eigenvalue weighted by molar-refractivity contribution is 5.85. The molecule has 1 N–H and O–H groups in total. The molecule has 0 spiro atoms. The molecule has 0 aromatic heterocycles. The Morgan fingerprint density at radius 2 is 1.20 bits per heavy atom. The summed E-state index contributed by atoms with van der Waals surface area (Å²) in [6.45, 7) is 9.89. The van der Waals surface area contributed by atoms with E-state index in [0.717, 1.165) is 49.7 Å². The van der Waals surface area contributed by atoms with Gasteiger partial charge in [0.2, 0.25) is 0 Å². The maximum Gasteiger partial charge on any atom is 0.323 e. The maximum atomic E-state index is 16.7. The van der Waals surface area contributed by atoms with Crippen molar-refractivity contribution in [1.82, 2.24) is 0 Å². The minimum atomic E-state index is -1.90. The van der Waals surface area contributed by atoms with Gasteiger partial charge in [-0.05, 0) is 63.1 Å². The quantitative estimate of drug-likeness (QED) is 0.0228. The van der Waals surface area contributed by atoms with E-state index in [1.54, 1.807) is 6.92 Å². The molecule has 0 saturated carbocycles. The highest BCUT2D eigenvalue weighted by atomic mass is 16.8. The van der Waals surface area contributed by atoms with E-state index >= 15 is 4.79 Å². The lowest BCUT2D eigenvalue weighted by Crippen LogP contribution is -2.66. The van der Waals surface area contributed by atoms with Crippen LogP contribution in [0.25, 0.3) is 0 Å². The normalized spacial score (nSPS) is 39.6. The Morgan fingerprint density at radius 3 is 1.72 bits per heavy atom. The molecule has 74 heavy (non-hydrogen) atoms. The second-order valence-electron chi connectivity index (χ2n) is 23.3. The topological polar surface area (TPSA) is 261 Å². The number of nitriles is 2. The van der Waals surface area contributed by atoms with Crippen LogP contribution < -0.4 is 4.74 Å². The average molecular weight is 1030 g/mol. The van der Waals surface area contributed by atoms with Gasteiger partial charge in [0.15, 0.2) is 39.1 Å². The number of epoxide rings is 10. The third-order valence-electron chi connectivity index (χ3n) is 18.0. The van der Waals surface area contributed by atoms with Crippen LogP contribution in [0.5, 0.6) is 5.75 Å². The van der Waals surface area contributed by atoms with Gasteiger partial charge in [-0.25, -0.2) is 0 Å². The van der Waals surface area contributed by atoms with Gasteiger partial charge in [-0.1, -0.05) is 103 Å². The van der Waals surface area contributed by atoms with Crippen LogP contribution in [0.4, 0.5) is 0 Å². The molecular weight excluding hydrogens is 953 g/mol. The fraction of sp³-hybridized carbons (Fsp3) is 0.821. The van der Waals surface area contributed by atoms with Crippen molar-refractivity contribution in [3.8, 4) is 17.9 Å². The number of azo groups is 1. The zero-order valence-electron chi connectivity index (χ0n) is 43.8. The summed E-state index contributed by atoms with van der Waals surface area (Å²) < 4.78 is 72.9. The number of aliphatic carboxylic acids is 1. The van der Waals surface area contributed by atoms with E-state index in [9.17, 15) is 20.4 Å². The lowest BCUT2D eigenvalue weighted by molar-refractivity contribution is -0.155. The van der Waals surface area contributed by atoms with Crippen LogP contribution in [-0.4, -0.2) is 151 Å². The van der Waals surface area contributed by atoms with Crippen molar-refractivity contribution in [3.05, 3.63) is 29.3 Å². The number of nitrogens with zero attached hydrogens (tertiary/aromatic N) is 4. The first-order valence-electron chi connectivity index (χ1n) is 28.0. The first-order valence-corrected chi connectivity index (χ1v) is 28.0. The molecular formula is C56H76N4O14. The number of carboxylic acid groups (broad SMARTS) is 1. The van der Waals surface area contributed by atoms with Crippen LogP contribution in [0, 0.1) is 28.1 Å². The van der Waals surface area contributed by atoms with Gasteiger partial charge in [0, 0.05) is 12.8 Å². The van der Waals surface area contributed by atoms with Crippen LogP contribution in [0.3, 0.4) is 0 Å². The van der Waals surface area contributed by atoms with E-state index < -0.39 is 80.9 Å². The molecule has 10 aliphatic heterocycles. The van der Waals surface area contributed by atoms with Crippen LogP contribution in [-0.2, 0) is 69.8 Å². The summed E-state index contributed by atoms with van der Waals surface area (Å²) >= 11 is 0. The predicted molar refractivity (Wildman–Crippen MR) is 261 cm³/mol. The van der Waals surface area contributed by atoms with Crippen LogP contribution in [0.2, 0.25) is 0 Å². The number of rotatable bonds is 35. The number of hydrogen-bond acceptors (Lipinski definition) is 17. The van der Waals surface area contributed by atoms with Gasteiger partial charge in [-0.15, -0.1) is 0 Å². The minimum Gasteiger partial charge on any atom is -0.481 e. The lowest BCUT2D eigenvalue weighted by Gasteiger charge is -2.41. The Hall–Kier alpha value is -3.66. The van der Waals surface area contributed by atoms with Crippen molar-refractivity contribution >= 4 is 11.9 Å². The van der Waals surface area contributed by atoms with Crippen molar-refractivity contribution in [2.75, 3.05) is 46.2 Å². The molecule has 18 nitrogen and oxygen atoms in total. The Morgan fingerprint density at radius 1 is 0.676 bits per heavy atom. The standard InChI is InChI=1S/C56H76N4O14/c1-5-7-9-11-13-15-17-20-36-21-19-23-38(37(36)22-18-16-14-12-10-8-6-2)71-48(63)51(39-26-64-39,33-50(4,35-58)60-59-49(3,34-57)25-24-46(61)62)54(44-31-69-44)56(74-54,47-52(72-47,40-27-65-40)41-28-66-41)55(45-32-70-45)53(73-55,42-29-67-42)43-30-68-43/h19,21,23,39-45,47H,5-18,20,22,24-33H2,1-4H3,(H,61,62). The Kier molecular flexibility index (Phi) is 14.1. The third-order valence-corrected chi connectivity index (χ3v) is 18.0. The molecule has 0 amide bonds. The summed E-state index contributed by atoms with van der Waals surface area (Å²) in [5.74, 6) is -1.34. The molecule has 14 atom stereocenters. The molecule has 10 saturated heterocycles. The lowest BCUT2D eigenvalue weighted by atomic mass is 9.55. The summed E-state index contributed by atoms with van der Waals surface area (Å²) in [7, 11) is 0. The van der Waals surface area contributed by atoms with E-state index in [0.29, 0.717) is 45.2 Å². The summed E-state index contributed by atoms with van der Waals surface area (Å²) in [6.07, 6.45) is 12.5. The SMILES string of the molecule is CCCCCCCCCc1cccc(OC(=O)C(CC(C)(C#N)N=NC(C)(C#N)CCC(=O)O)(C2CO2)C2(C3CO3)OC2(C2OC2(C2CO2)C2CO2)C2(C3CO3)OC2(C2CO2)C2CO2)c1CCCCCCCCC. The zero-order chi connectivity index (χ0) is 51.6. The maximum absolute atomic E-state index is 16.7. The van der Waals surface area contributed by atoms with E-state index in [1.807, 2.05) is 12.1 Å². The number of carboxylic acids is 1. The number of hydrogen-bond donors (Lipinski definition) is 1. The van der Waals surface area contributed by atoms with Crippen molar-refractivity contribution in [2.24, 2.45) is 15.6 Å². The molecule has 0 aliphatic carbocycles. The molecule has 11 rings (SSSR count). The van der Waals surface area contributed by atoms with Crippen molar-refractivity contribution < 1.29 is 66.8 Å². The molecule has 0 bridgehead atoms. The van der Waals surface area contributed by atoms with Gasteiger partial charge >= 0.3 is 11.9 Å². The van der Waals surface area contributed by atoms with Gasteiger partial charge in [-0.2, -0.15) is 20.8 Å². The molecule has 1 aromatic rings. The predicted octanol–water partition coefficient (Wildman–Crippen LogP) is 7.38. The van der Waals surface area contributed by atoms with E-state index in [-0.39, 0.29) is 56.9 Å². The first-order chi connectivity index (χ1) is 35.8. The molecule has 10 heterocycles. The molecule has 10 aliphatic rings. The molecule has 404 valence electrons. The molecule has 10 fully saturated rings. The third kappa shape index (κ3) is 9.02. The largest absolute Gasteiger partial charge is 0.481 e. The van der Waals surface area contributed by atoms with E-state index in [4.69, 9.17) is 52.1 Å². The highest BCUT2D eigenvalue weighted by Crippen LogP contribution is 2.85. The van der Waals surface area contributed by atoms with Gasteiger partial charge in [0.05, 0.1) is 58.4 Å². The monoisotopic (exact) mass is 1030 g/mol. The zero-order valence-corrected chi connectivity index (χ0v) is 43.8.